The molecule has 1 aromatic carbocycles. The van der Waals surface area contributed by atoms with Crippen molar-refractivity contribution in [2.45, 2.75) is 46.1 Å². The summed E-state index contributed by atoms with van der Waals surface area (Å²) in [6.07, 6.45) is -4.16. The molecule has 260 valence electrons. The number of alkyl halides is 3. The van der Waals surface area contributed by atoms with Gasteiger partial charge in [0.2, 0.25) is 17.7 Å². The summed E-state index contributed by atoms with van der Waals surface area (Å²) in [5, 5.41) is 14.7. The molecule has 1 fully saturated rings. The summed E-state index contributed by atoms with van der Waals surface area (Å²) in [6, 6.07) is 3.11. The van der Waals surface area contributed by atoms with Gasteiger partial charge < -0.3 is 34.9 Å². The fourth-order valence-corrected chi connectivity index (χ4v) is 6.12. The summed E-state index contributed by atoms with van der Waals surface area (Å²) in [5.74, 6) is -2.38. The second kappa shape index (κ2) is 12.6. The molecule has 17 heteroatoms. The molecule has 14 nitrogen and oxygen atoms in total. The number of fused-ring (bicyclic) bond motifs is 1. The maximum atomic E-state index is 14.2. The number of guanidine groups is 1. The predicted octanol–water partition coefficient (Wildman–Crippen LogP) is 2.11. The highest BCUT2D eigenvalue weighted by atomic mass is 19.4. The Morgan fingerprint density at radius 2 is 1.81 bits per heavy atom. The van der Waals surface area contributed by atoms with Crippen LogP contribution in [-0.4, -0.2) is 130 Å². The second-order valence-electron chi connectivity index (χ2n) is 12.4. The van der Waals surface area contributed by atoms with Gasteiger partial charge in [-0.2, -0.15) is 13.2 Å². The molecule has 1 aromatic rings. The van der Waals surface area contributed by atoms with E-state index in [2.05, 4.69) is 15.7 Å². The van der Waals surface area contributed by atoms with Crippen LogP contribution < -0.4 is 10.7 Å². The number of hydrazine groups is 1. The van der Waals surface area contributed by atoms with Crippen molar-refractivity contribution in [1.82, 2.24) is 34.9 Å². The quantitative estimate of drug-likeness (QED) is 0.414. The number of aryl methyl sites for hydroxylation is 1. The van der Waals surface area contributed by atoms with Crippen LogP contribution in [0.3, 0.4) is 0 Å². The number of nitrogens with one attached hydrogen (secondary N) is 2. The van der Waals surface area contributed by atoms with Crippen LogP contribution in [0.4, 0.5) is 18.9 Å². The lowest BCUT2D eigenvalue weighted by Crippen LogP contribution is -2.67. The van der Waals surface area contributed by atoms with E-state index in [4.69, 9.17) is 4.99 Å². The number of carbonyl (C=O) groups excluding carboxylic acids is 3. The number of nitrogens with zero attached hydrogens (tertiary/aromatic N) is 8. The van der Waals surface area contributed by atoms with E-state index in [9.17, 15) is 32.7 Å². The summed E-state index contributed by atoms with van der Waals surface area (Å²) in [7, 11) is 5.29. The Labute approximate surface area is 276 Å². The van der Waals surface area contributed by atoms with Crippen LogP contribution in [0.25, 0.3) is 0 Å². The number of rotatable bonds is 6. The molecule has 4 aliphatic rings. The van der Waals surface area contributed by atoms with E-state index in [1.165, 1.54) is 18.0 Å². The number of benzene rings is 1. The minimum atomic E-state index is -4.52. The van der Waals surface area contributed by atoms with E-state index in [0.717, 1.165) is 12.1 Å². The van der Waals surface area contributed by atoms with E-state index < -0.39 is 29.3 Å². The highest BCUT2D eigenvalue weighted by Gasteiger charge is 2.54. The SMILES string of the molecule is CCC1=C(N2CCN(C(=O)C3=NCN(C)C(C)=C3O)CC2)C(=O)N2NC(N(C)C)=NC2(C)N1CC(=O)Nc1ccc(C(F)(F)F)cc1C. The second-order valence-corrected chi connectivity index (χ2v) is 12.4. The largest absolute Gasteiger partial charge is 0.504 e. The zero-order valence-electron chi connectivity index (χ0n) is 28.1. The van der Waals surface area contributed by atoms with Gasteiger partial charge in [0.05, 0.1) is 11.3 Å². The summed E-state index contributed by atoms with van der Waals surface area (Å²) in [4.78, 5) is 58.8. The number of aliphatic hydroxyl groups is 1. The topological polar surface area (TPSA) is 140 Å². The molecule has 48 heavy (non-hydrogen) atoms. The number of amides is 3. The average Bonchev–Trinajstić information content (AvgIpc) is 3.41. The molecule has 0 radical (unpaired) electrons. The number of aliphatic imine (C=N–C) groups is 2. The van der Waals surface area contributed by atoms with Crippen molar-refractivity contribution >= 4 is 35.1 Å². The zero-order chi connectivity index (χ0) is 35.3. The first-order valence-electron chi connectivity index (χ1n) is 15.5. The molecular weight excluding hydrogens is 633 g/mol. The van der Waals surface area contributed by atoms with Crippen LogP contribution in [0.5, 0.6) is 0 Å². The van der Waals surface area contributed by atoms with Crippen LogP contribution >= 0.6 is 0 Å². The van der Waals surface area contributed by atoms with Gasteiger partial charge in [0.25, 0.3) is 11.8 Å². The first kappa shape index (κ1) is 34.4. The molecule has 0 spiro atoms. The smallest absolute Gasteiger partial charge is 0.416 e. The lowest BCUT2D eigenvalue weighted by Gasteiger charge is -2.50. The predicted molar refractivity (Wildman–Crippen MR) is 172 cm³/mol. The standard InChI is InChI=1S/C31H41F3N10O4/c1-8-22-25(41-11-13-42(14-12-41)27(47)24-26(46)19(3)40(7)17-35-24)28(48)44-30(4,37-29(38-44)39(5)6)43(22)16-23(45)36-21-10-9-20(15-18(21)2)31(32,33)34/h9-10,15,46H,8,11-14,16-17H2,1-7H3,(H,36,45)(H,37,38). The number of piperazine rings is 1. The van der Waals surface area contributed by atoms with Crippen LogP contribution in [0.15, 0.2) is 51.0 Å². The van der Waals surface area contributed by atoms with Crippen molar-refractivity contribution in [3.05, 3.63) is 52.2 Å². The van der Waals surface area contributed by atoms with Gasteiger partial charge in [-0.15, -0.1) is 0 Å². The third-order valence-electron chi connectivity index (χ3n) is 9.02. The van der Waals surface area contributed by atoms with E-state index in [-0.39, 0.29) is 54.9 Å². The van der Waals surface area contributed by atoms with Crippen molar-refractivity contribution in [2.24, 2.45) is 9.98 Å². The lowest BCUT2D eigenvalue weighted by atomic mass is 10.1. The van der Waals surface area contributed by atoms with E-state index in [0.29, 0.717) is 42.6 Å². The maximum Gasteiger partial charge on any atom is 0.416 e. The van der Waals surface area contributed by atoms with Gasteiger partial charge in [-0.05, 0) is 44.0 Å². The monoisotopic (exact) mass is 674 g/mol. The molecule has 1 atom stereocenters. The number of halogens is 3. The van der Waals surface area contributed by atoms with Gasteiger partial charge >= 0.3 is 6.18 Å². The molecule has 1 saturated heterocycles. The Morgan fingerprint density at radius 3 is 2.40 bits per heavy atom. The van der Waals surface area contributed by atoms with Crippen LogP contribution in [0.1, 0.15) is 38.3 Å². The van der Waals surface area contributed by atoms with Crippen molar-refractivity contribution in [3.63, 3.8) is 0 Å². The minimum absolute atomic E-state index is 0.00660. The Balaban J connectivity index is 1.42. The van der Waals surface area contributed by atoms with Crippen LogP contribution in [-0.2, 0) is 20.6 Å². The summed E-state index contributed by atoms with van der Waals surface area (Å²) in [6.45, 7) is 7.85. The molecule has 0 aliphatic carbocycles. The molecule has 0 bridgehead atoms. The maximum absolute atomic E-state index is 14.2. The highest BCUT2D eigenvalue weighted by Crippen LogP contribution is 2.39. The summed E-state index contributed by atoms with van der Waals surface area (Å²) in [5.41, 5.74) is 4.19. The third-order valence-corrected chi connectivity index (χ3v) is 9.02. The van der Waals surface area contributed by atoms with Gasteiger partial charge in [-0.3, -0.25) is 24.8 Å². The van der Waals surface area contributed by atoms with Gasteiger partial charge in [-0.25, -0.2) is 10.0 Å². The minimum Gasteiger partial charge on any atom is -0.504 e. The lowest BCUT2D eigenvalue weighted by molar-refractivity contribution is -0.150. The number of hydrogen-bond acceptors (Lipinski definition) is 11. The van der Waals surface area contributed by atoms with Gasteiger partial charge in [-0.1, -0.05) is 6.92 Å². The molecule has 4 heterocycles. The highest BCUT2D eigenvalue weighted by molar-refractivity contribution is 6.44. The van der Waals surface area contributed by atoms with E-state index >= 15 is 0 Å². The van der Waals surface area contributed by atoms with E-state index in [1.807, 2.05) is 11.8 Å². The fourth-order valence-electron chi connectivity index (χ4n) is 6.12. The number of aliphatic hydroxyl groups excluding tert-OH is 1. The van der Waals surface area contributed by atoms with Gasteiger partial charge in [0.15, 0.2) is 11.5 Å². The first-order chi connectivity index (χ1) is 22.5. The summed E-state index contributed by atoms with van der Waals surface area (Å²) < 4.78 is 39.7. The Kier molecular flexibility index (Phi) is 9.01. The number of hydrogen-bond donors (Lipinski definition) is 3. The van der Waals surface area contributed by atoms with Crippen LogP contribution in [0.2, 0.25) is 0 Å². The van der Waals surface area contributed by atoms with Gasteiger partial charge in [0.1, 0.15) is 18.9 Å². The number of allylic oxidation sites excluding steroid dienone is 2. The van der Waals surface area contributed by atoms with Crippen molar-refractivity contribution in [3.8, 4) is 0 Å². The van der Waals surface area contributed by atoms with Gasteiger partial charge in [0, 0.05) is 65.6 Å². The molecule has 1 unspecified atom stereocenters. The zero-order valence-corrected chi connectivity index (χ0v) is 28.1. The molecule has 5 rings (SSSR count). The van der Waals surface area contributed by atoms with Crippen molar-refractivity contribution < 1.29 is 32.7 Å². The summed E-state index contributed by atoms with van der Waals surface area (Å²) >= 11 is 0. The van der Waals surface area contributed by atoms with Crippen molar-refractivity contribution in [1.29, 1.82) is 0 Å². The number of anilines is 1. The molecule has 3 amide bonds. The molecule has 0 saturated carbocycles. The van der Waals surface area contributed by atoms with Crippen LogP contribution in [0, 0.1) is 6.92 Å². The average molecular weight is 675 g/mol. The fraction of sp³-hybridized carbons (Fsp3) is 0.516. The Bertz CT molecular complexity index is 1640. The Hall–Kier alpha value is -4.96. The normalized spacial score (nSPS) is 21.7. The third kappa shape index (κ3) is 6.08. The molecule has 0 aromatic heterocycles. The molecular formula is C31H41F3N10O4. The van der Waals surface area contributed by atoms with E-state index in [1.54, 1.807) is 54.6 Å². The molecule has 4 aliphatic heterocycles. The molecule has 3 N–H and O–H groups in total. The Morgan fingerprint density at radius 1 is 1.15 bits per heavy atom. The number of carbonyl (C=O) groups is 3. The van der Waals surface area contributed by atoms with Crippen molar-refractivity contribution in [2.75, 3.05) is 65.9 Å². The first-order valence-corrected chi connectivity index (χ1v) is 15.5.